The van der Waals surface area contributed by atoms with Crippen LogP contribution >= 0.6 is 12.4 Å². The lowest BCUT2D eigenvalue weighted by atomic mass is 9.89. The molecule has 29 heavy (non-hydrogen) atoms. The van der Waals surface area contributed by atoms with E-state index in [1.54, 1.807) is 23.0 Å². The predicted octanol–water partition coefficient (Wildman–Crippen LogP) is 3.47. The molecule has 0 spiro atoms. The van der Waals surface area contributed by atoms with Crippen LogP contribution in [0.5, 0.6) is 0 Å². The molecule has 2 saturated heterocycles. The van der Waals surface area contributed by atoms with Gasteiger partial charge in [0.25, 0.3) is 5.91 Å². The molecule has 2 aliphatic heterocycles. The molecule has 5 nitrogen and oxygen atoms in total. The minimum Gasteiger partial charge on any atom is -0.331 e. The molecule has 3 aromatic rings. The SMILES string of the molecule is Cl.O=C(c1ccc(-n2cccn2)cc1)N1C[C@@H]2CNC[C@@H]2[C@H]1c1cccc(F)c1. The van der Waals surface area contributed by atoms with Gasteiger partial charge < -0.3 is 10.2 Å². The lowest BCUT2D eigenvalue weighted by Crippen LogP contribution is -2.34. The number of aromatic nitrogens is 2. The largest absolute Gasteiger partial charge is 0.331 e. The van der Waals surface area contributed by atoms with Crippen molar-refractivity contribution in [2.45, 2.75) is 6.04 Å². The molecule has 5 rings (SSSR count). The number of carbonyl (C=O) groups excluding carboxylic acids is 1. The number of likely N-dealkylation sites (tertiary alicyclic amines) is 1. The summed E-state index contributed by atoms with van der Waals surface area (Å²) in [5.74, 6) is 0.452. The van der Waals surface area contributed by atoms with E-state index in [0.29, 0.717) is 23.9 Å². The van der Waals surface area contributed by atoms with Crippen LogP contribution in [-0.4, -0.2) is 40.2 Å². The van der Waals surface area contributed by atoms with Gasteiger partial charge in [-0.15, -0.1) is 12.4 Å². The first-order chi connectivity index (χ1) is 13.7. The average Bonchev–Trinajstić information content (AvgIpc) is 3.44. The molecule has 3 atom stereocenters. The Hall–Kier alpha value is -2.70. The molecule has 0 bridgehead atoms. The van der Waals surface area contributed by atoms with Crippen molar-refractivity contribution in [3.63, 3.8) is 0 Å². The Morgan fingerprint density at radius 1 is 1.10 bits per heavy atom. The van der Waals surface area contributed by atoms with Gasteiger partial charge in [0.1, 0.15) is 5.82 Å². The fourth-order valence-corrected chi connectivity index (χ4v) is 4.59. The van der Waals surface area contributed by atoms with Crippen LogP contribution in [0.2, 0.25) is 0 Å². The Labute approximate surface area is 174 Å². The third-order valence-electron chi connectivity index (χ3n) is 5.90. The minimum absolute atomic E-state index is 0. The number of fused-ring (bicyclic) bond motifs is 1. The molecule has 0 aliphatic carbocycles. The third-order valence-corrected chi connectivity index (χ3v) is 5.90. The highest BCUT2D eigenvalue weighted by Crippen LogP contribution is 2.43. The van der Waals surface area contributed by atoms with Gasteiger partial charge in [-0.2, -0.15) is 5.10 Å². The molecular weight excluding hydrogens is 391 g/mol. The van der Waals surface area contributed by atoms with Gasteiger partial charge in [0.2, 0.25) is 0 Å². The van der Waals surface area contributed by atoms with Crippen LogP contribution in [0.4, 0.5) is 4.39 Å². The first-order valence-corrected chi connectivity index (χ1v) is 9.58. The summed E-state index contributed by atoms with van der Waals surface area (Å²) >= 11 is 0. The monoisotopic (exact) mass is 412 g/mol. The highest BCUT2D eigenvalue weighted by atomic mass is 35.5. The maximum atomic E-state index is 13.9. The standard InChI is InChI=1S/C22H21FN4O.ClH/c23-18-4-1-3-16(11-18)21-20-13-24-12-17(20)14-26(21)22(28)15-5-7-19(8-6-15)27-10-2-9-25-27;/h1-11,17,20-21,24H,12-14H2;1H/t17-,20-,21+;/m0./s1. The summed E-state index contributed by atoms with van der Waals surface area (Å²) in [6, 6.07) is 15.9. The van der Waals surface area contributed by atoms with Gasteiger partial charge >= 0.3 is 0 Å². The molecule has 1 amide bonds. The summed E-state index contributed by atoms with van der Waals surface area (Å²) in [6.45, 7) is 2.45. The predicted molar refractivity (Wildman–Crippen MR) is 111 cm³/mol. The minimum atomic E-state index is -0.261. The fourth-order valence-electron chi connectivity index (χ4n) is 4.59. The molecule has 2 fully saturated rings. The highest BCUT2D eigenvalue weighted by Gasteiger charge is 2.46. The van der Waals surface area contributed by atoms with Crippen molar-refractivity contribution in [2.75, 3.05) is 19.6 Å². The van der Waals surface area contributed by atoms with Crippen LogP contribution < -0.4 is 5.32 Å². The number of amides is 1. The number of carbonyl (C=O) groups is 1. The molecule has 1 N–H and O–H groups in total. The van der Waals surface area contributed by atoms with Crippen LogP contribution in [0, 0.1) is 17.7 Å². The molecule has 0 unspecified atom stereocenters. The van der Waals surface area contributed by atoms with Crippen LogP contribution in [-0.2, 0) is 0 Å². The Kier molecular flexibility index (Phi) is 5.39. The second kappa shape index (κ2) is 7.97. The van der Waals surface area contributed by atoms with E-state index in [0.717, 1.165) is 24.3 Å². The van der Waals surface area contributed by atoms with E-state index in [9.17, 15) is 9.18 Å². The Morgan fingerprint density at radius 3 is 2.66 bits per heavy atom. The molecule has 0 radical (unpaired) electrons. The summed E-state index contributed by atoms with van der Waals surface area (Å²) in [7, 11) is 0. The lowest BCUT2D eigenvalue weighted by molar-refractivity contribution is 0.0714. The van der Waals surface area contributed by atoms with Crippen molar-refractivity contribution in [2.24, 2.45) is 11.8 Å². The smallest absolute Gasteiger partial charge is 0.254 e. The van der Waals surface area contributed by atoms with E-state index in [1.807, 2.05) is 47.5 Å². The number of rotatable bonds is 3. The van der Waals surface area contributed by atoms with Gasteiger partial charge in [-0.25, -0.2) is 9.07 Å². The van der Waals surface area contributed by atoms with Crippen molar-refractivity contribution in [3.05, 3.63) is 83.9 Å². The van der Waals surface area contributed by atoms with Crippen molar-refractivity contribution in [1.29, 1.82) is 0 Å². The van der Waals surface area contributed by atoms with Crippen molar-refractivity contribution >= 4 is 18.3 Å². The van der Waals surface area contributed by atoms with Gasteiger partial charge in [-0.05, 0) is 53.9 Å². The molecule has 2 aromatic carbocycles. The van der Waals surface area contributed by atoms with E-state index in [1.165, 1.54) is 6.07 Å². The maximum Gasteiger partial charge on any atom is 0.254 e. The number of hydrogen-bond acceptors (Lipinski definition) is 3. The number of hydrogen-bond donors (Lipinski definition) is 1. The van der Waals surface area contributed by atoms with Crippen molar-refractivity contribution in [1.82, 2.24) is 20.0 Å². The fraction of sp³-hybridized carbons (Fsp3) is 0.273. The zero-order chi connectivity index (χ0) is 19.1. The van der Waals surface area contributed by atoms with Crippen molar-refractivity contribution in [3.8, 4) is 5.69 Å². The van der Waals surface area contributed by atoms with Gasteiger partial charge in [0, 0.05) is 43.5 Å². The van der Waals surface area contributed by atoms with Gasteiger partial charge in [0.05, 0.1) is 11.7 Å². The topological polar surface area (TPSA) is 50.2 Å². The molecule has 7 heteroatoms. The number of nitrogens with zero attached hydrogens (tertiary/aromatic N) is 3. The Bertz CT molecular complexity index is 992. The number of benzene rings is 2. The van der Waals surface area contributed by atoms with Crippen LogP contribution in [0.3, 0.4) is 0 Å². The average molecular weight is 413 g/mol. The summed E-state index contributed by atoms with van der Waals surface area (Å²) in [5.41, 5.74) is 2.42. The molecule has 0 saturated carbocycles. The Balaban J connectivity index is 0.00000205. The zero-order valence-corrected chi connectivity index (χ0v) is 16.6. The van der Waals surface area contributed by atoms with Crippen molar-refractivity contribution < 1.29 is 9.18 Å². The summed E-state index contributed by atoms with van der Waals surface area (Å²) in [5, 5.41) is 7.64. The molecule has 3 heterocycles. The van der Waals surface area contributed by atoms with Crippen LogP contribution in [0.15, 0.2) is 67.0 Å². The van der Waals surface area contributed by atoms with Crippen LogP contribution in [0.25, 0.3) is 5.69 Å². The first kappa shape index (κ1) is 19.6. The summed E-state index contributed by atoms with van der Waals surface area (Å²) in [4.78, 5) is 15.3. The Morgan fingerprint density at radius 2 is 1.93 bits per heavy atom. The van der Waals surface area contributed by atoms with E-state index >= 15 is 0 Å². The molecule has 2 aliphatic rings. The number of nitrogens with one attached hydrogen (secondary N) is 1. The van der Waals surface area contributed by atoms with Gasteiger partial charge in [0.15, 0.2) is 0 Å². The molecular formula is C22H22ClFN4O. The molecule has 1 aromatic heterocycles. The van der Waals surface area contributed by atoms with E-state index < -0.39 is 0 Å². The van der Waals surface area contributed by atoms with Gasteiger partial charge in [-0.1, -0.05) is 12.1 Å². The summed E-state index contributed by atoms with van der Waals surface area (Å²) < 4.78 is 15.6. The maximum absolute atomic E-state index is 13.9. The highest BCUT2D eigenvalue weighted by molar-refractivity contribution is 5.95. The van der Waals surface area contributed by atoms with E-state index in [2.05, 4.69) is 10.4 Å². The van der Waals surface area contributed by atoms with E-state index in [-0.39, 0.29) is 30.2 Å². The second-order valence-electron chi connectivity index (χ2n) is 7.54. The third kappa shape index (κ3) is 3.54. The van der Waals surface area contributed by atoms with Gasteiger partial charge in [-0.3, -0.25) is 4.79 Å². The number of halogens is 2. The lowest BCUT2D eigenvalue weighted by Gasteiger charge is -2.28. The zero-order valence-electron chi connectivity index (χ0n) is 15.7. The van der Waals surface area contributed by atoms with Crippen LogP contribution in [0.1, 0.15) is 22.0 Å². The first-order valence-electron chi connectivity index (χ1n) is 9.58. The van der Waals surface area contributed by atoms with E-state index in [4.69, 9.17) is 0 Å². The molecule has 150 valence electrons. The normalized spacial score (nSPS) is 22.9. The second-order valence-corrected chi connectivity index (χ2v) is 7.54. The summed E-state index contributed by atoms with van der Waals surface area (Å²) in [6.07, 6.45) is 3.59. The quantitative estimate of drug-likeness (QED) is 0.716.